The molecule has 2 atom stereocenters. The molecule has 0 bridgehead atoms. The highest BCUT2D eigenvalue weighted by atomic mass is 127. The molecule has 4 rings (SSSR count). The standard InChI is InChI=1S/C23H27FN6O.HI/c1-3-26-23(27-12-18-4-10-21(11-5-18)30-16-25-15-28-30)29-13-17(2)31-22(14-29)19-6-8-20(24)9-7-19;/h4-11,15-17,22H,3,12-14H2,1-2H3,(H,26,27);1H. The summed E-state index contributed by atoms with van der Waals surface area (Å²) in [5.41, 5.74) is 3.04. The van der Waals surface area contributed by atoms with Gasteiger partial charge in [0.15, 0.2) is 5.96 Å². The van der Waals surface area contributed by atoms with Crippen molar-refractivity contribution in [3.05, 3.63) is 78.1 Å². The summed E-state index contributed by atoms with van der Waals surface area (Å²) in [6.45, 7) is 6.85. The Balaban J connectivity index is 0.00000289. The van der Waals surface area contributed by atoms with Crippen molar-refractivity contribution in [2.45, 2.75) is 32.6 Å². The van der Waals surface area contributed by atoms with Gasteiger partial charge in [-0.25, -0.2) is 19.0 Å². The van der Waals surface area contributed by atoms with Gasteiger partial charge in [-0.3, -0.25) is 0 Å². The predicted octanol–water partition coefficient (Wildman–Crippen LogP) is 3.95. The average Bonchev–Trinajstić information content (AvgIpc) is 3.32. The van der Waals surface area contributed by atoms with Gasteiger partial charge in [0.2, 0.25) is 0 Å². The molecule has 1 aromatic heterocycles. The normalized spacial score (nSPS) is 18.8. The van der Waals surface area contributed by atoms with Crippen LogP contribution in [-0.2, 0) is 11.3 Å². The van der Waals surface area contributed by atoms with E-state index in [1.54, 1.807) is 23.1 Å². The molecule has 1 aliphatic heterocycles. The van der Waals surface area contributed by atoms with E-state index in [4.69, 9.17) is 9.73 Å². The van der Waals surface area contributed by atoms with E-state index < -0.39 is 0 Å². The van der Waals surface area contributed by atoms with E-state index in [-0.39, 0.29) is 42.0 Å². The molecule has 170 valence electrons. The molecular formula is C23H28FIN6O. The number of nitrogens with zero attached hydrogens (tertiary/aromatic N) is 5. The smallest absolute Gasteiger partial charge is 0.194 e. The lowest BCUT2D eigenvalue weighted by Crippen LogP contribution is -2.50. The van der Waals surface area contributed by atoms with Crippen LogP contribution in [0.5, 0.6) is 0 Å². The second-order valence-electron chi connectivity index (χ2n) is 7.57. The number of ether oxygens (including phenoxy) is 1. The number of benzene rings is 2. The minimum Gasteiger partial charge on any atom is -0.367 e. The third kappa shape index (κ3) is 6.04. The minimum atomic E-state index is -0.241. The van der Waals surface area contributed by atoms with Crippen LogP contribution in [0.25, 0.3) is 5.69 Å². The Labute approximate surface area is 204 Å². The minimum absolute atomic E-state index is 0. The molecule has 0 radical (unpaired) electrons. The Hall–Kier alpha value is -2.53. The largest absolute Gasteiger partial charge is 0.367 e. The lowest BCUT2D eigenvalue weighted by Gasteiger charge is -2.38. The number of aliphatic imine (C=N–C) groups is 1. The molecule has 32 heavy (non-hydrogen) atoms. The fourth-order valence-electron chi connectivity index (χ4n) is 3.67. The van der Waals surface area contributed by atoms with Crippen molar-refractivity contribution in [3.63, 3.8) is 0 Å². The topological polar surface area (TPSA) is 67.6 Å². The van der Waals surface area contributed by atoms with Crippen molar-refractivity contribution >= 4 is 29.9 Å². The Morgan fingerprint density at radius 2 is 1.91 bits per heavy atom. The summed E-state index contributed by atoms with van der Waals surface area (Å²) in [7, 11) is 0. The van der Waals surface area contributed by atoms with Crippen LogP contribution in [0.1, 0.15) is 31.1 Å². The van der Waals surface area contributed by atoms with Gasteiger partial charge < -0.3 is 15.0 Å². The molecule has 0 saturated carbocycles. The van der Waals surface area contributed by atoms with Crippen molar-refractivity contribution in [2.75, 3.05) is 19.6 Å². The Morgan fingerprint density at radius 3 is 2.56 bits per heavy atom. The quantitative estimate of drug-likeness (QED) is 0.296. The summed E-state index contributed by atoms with van der Waals surface area (Å²) in [5, 5.41) is 7.54. The number of guanidine groups is 1. The van der Waals surface area contributed by atoms with Gasteiger partial charge in [-0.2, -0.15) is 5.10 Å². The van der Waals surface area contributed by atoms with Crippen LogP contribution in [0.15, 0.2) is 66.2 Å². The lowest BCUT2D eigenvalue weighted by molar-refractivity contribution is -0.0605. The van der Waals surface area contributed by atoms with Crippen LogP contribution >= 0.6 is 24.0 Å². The van der Waals surface area contributed by atoms with Crippen molar-refractivity contribution < 1.29 is 9.13 Å². The van der Waals surface area contributed by atoms with Gasteiger partial charge in [-0.15, -0.1) is 24.0 Å². The van der Waals surface area contributed by atoms with Gasteiger partial charge in [-0.1, -0.05) is 24.3 Å². The molecule has 2 unspecified atom stereocenters. The van der Waals surface area contributed by atoms with Crippen molar-refractivity contribution in [3.8, 4) is 5.69 Å². The molecule has 1 N–H and O–H groups in total. The fourth-order valence-corrected chi connectivity index (χ4v) is 3.67. The lowest BCUT2D eigenvalue weighted by atomic mass is 10.1. The maximum absolute atomic E-state index is 13.3. The highest BCUT2D eigenvalue weighted by Gasteiger charge is 2.28. The highest BCUT2D eigenvalue weighted by Crippen LogP contribution is 2.25. The average molecular weight is 550 g/mol. The first-order chi connectivity index (χ1) is 15.1. The van der Waals surface area contributed by atoms with E-state index in [0.29, 0.717) is 13.1 Å². The molecule has 1 saturated heterocycles. The number of rotatable bonds is 5. The Morgan fingerprint density at radius 1 is 1.16 bits per heavy atom. The zero-order valence-corrected chi connectivity index (χ0v) is 20.5. The molecule has 1 fully saturated rings. The summed E-state index contributed by atoms with van der Waals surface area (Å²) in [6, 6.07) is 14.6. The first-order valence-corrected chi connectivity index (χ1v) is 10.5. The maximum Gasteiger partial charge on any atom is 0.194 e. The van der Waals surface area contributed by atoms with E-state index in [0.717, 1.165) is 35.9 Å². The number of hydrogen-bond donors (Lipinski definition) is 1. The zero-order valence-electron chi connectivity index (χ0n) is 18.2. The monoisotopic (exact) mass is 550 g/mol. The fraction of sp³-hybridized carbons (Fsp3) is 0.348. The molecule has 0 aliphatic carbocycles. The summed E-state index contributed by atoms with van der Waals surface area (Å²) < 4.78 is 21.2. The molecule has 0 spiro atoms. The van der Waals surface area contributed by atoms with Crippen LogP contribution in [0.2, 0.25) is 0 Å². The molecule has 2 aromatic carbocycles. The summed E-state index contributed by atoms with van der Waals surface area (Å²) in [5.74, 6) is 0.610. The van der Waals surface area contributed by atoms with Gasteiger partial charge in [0.1, 0.15) is 24.6 Å². The number of hydrogen-bond acceptors (Lipinski definition) is 4. The van der Waals surface area contributed by atoms with Crippen molar-refractivity contribution in [1.29, 1.82) is 0 Å². The Bertz CT molecular complexity index is 994. The first kappa shape index (κ1) is 24.1. The number of halogens is 2. The van der Waals surface area contributed by atoms with Crippen LogP contribution in [0.4, 0.5) is 4.39 Å². The number of nitrogens with one attached hydrogen (secondary N) is 1. The van der Waals surface area contributed by atoms with Crippen LogP contribution in [0, 0.1) is 5.82 Å². The predicted molar refractivity (Wildman–Crippen MR) is 133 cm³/mol. The van der Waals surface area contributed by atoms with Crippen molar-refractivity contribution in [1.82, 2.24) is 25.0 Å². The number of morpholine rings is 1. The highest BCUT2D eigenvalue weighted by molar-refractivity contribution is 14.0. The molecule has 3 aromatic rings. The van der Waals surface area contributed by atoms with Crippen LogP contribution < -0.4 is 5.32 Å². The zero-order chi connectivity index (χ0) is 21.6. The molecule has 0 amide bonds. The third-order valence-electron chi connectivity index (χ3n) is 5.17. The van der Waals surface area contributed by atoms with Gasteiger partial charge in [-0.05, 0) is 49.2 Å². The maximum atomic E-state index is 13.3. The van der Waals surface area contributed by atoms with Gasteiger partial charge >= 0.3 is 0 Å². The van der Waals surface area contributed by atoms with Crippen LogP contribution in [-0.4, -0.2) is 51.4 Å². The van der Waals surface area contributed by atoms with E-state index in [1.807, 2.05) is 24.3 Å². The first-order valence-electron chi connectivity index (χ1n) is 10.5. The van der Waals surface area contributed by atoms with Crippen LogP contribution in [0.3, 0.4) is 0 Å². The Kier molecular flexibility index (Phi) is 8.57. The molecule has 7 nitrogen and oxygen atoms in total. The summed E-state index contributed by atoms with van der Waals surface area (Å²) >= 11 is 0. The van der Waals surface area contributed by atoms with Gasteiger partial charge in [0, 0.05) is 13.1 Å². The van der Waals surface area contributed by atoms with E-state index in [9.17, 15) is 4.39 Å². The molecule has 9 heteroatoms. The van der Waals surface area contributed by atoms with E-state index >= 15 is 0 Å². The van der Waals surface area contributed by atoms with Gasteiger partial charge in [0.05, 0.1) is 24.9 Å². The second kappa shape index (κ2) is 11.4. The van der Waals surface area contributed by atoms with E-state index in [1.165, 1.54) is 18.5 Å². The summed E-state index contributed by atoms with van der Waals surface area (Å²) in [6.07, 6.45) is 3.10. The van der Waals surface area contributed by atoms with E-state index in [2.05, 4.69) is 34.1 Å². The molecule has 2 heterocycles. The molecule has 1 aliphatic rings. The summed E-state index contributed by atoms with van der Waals surface area (Å²) in [4.78, 5) is 11.1. The molecular weight excluding hydrogens is 522 g/mol. The third-order valence-corrected chi connectivity index (χ3v) is 5.17. The van der Waals surface area contributed by atoms with Crippen molar-refractivity contribution in [2.24, 2.45) is 4.99 Å². The van der Waals surface area contributed by atoms with Gasteiger partial charge in [0.25, 0.3) is 0 Å². The number of aromatic nitrogens is 3. The SMILES string of the molecule is CCNC(=NCc1ccc(-n2cncn2)cc1)N1CC(C)OC(c2ccc(F)cc2)C1.I. The second-order valence-corrected chi connectivity index (χ2v) is 7.57.